The van der Waals surface area contributed by atoms with Crippen molar-refractivity contribution in [3.63, 3.8) is 0 Å². The van der Waals surface area contributed by atoms with E-state index in [4.69, 9.17) is 4.52 Å². The van der Waals surface area contributed by atoms with Crippen LogP contribution < -0.4 is 5.32 Å². The van der Waals surface area contributed by atoms with Gasteiger partial charge in [-0.15, -0.1) is 11.3 Å². The van der Waals surface area contributed by atoms with Crippen LogP contribution in [0, 0.1) is 0 Å². The molecule has 0 atom stereocenters. The fourth-order valence-electron chi connectivity index (χ4n) is 2.37. The van der Waals surface area contributed by atoms with E-state index in [0.717, 1.165) is 10.4 Å². The molecule has 0 aromatic carbocycles. The summed E-state index contributed by atoms with van der Waals surface area (Å²) in [5.41, 5.74) is 1.31. The molecule has 0 spiro atoms. The Hall–Kier alpha value is -3.00. The molecule has 0 aliphatic rings. The highest BCUT2D eigenvalue weighted by atomic mass is 32.1. The van der Waals surface area contributed by atoms with Crippen LogP contribution in [0.4, 0.5) is 0 Å². The number of fused-ring (bicyclic) bond motifs is 1. The van der Waals surface area contributed by atoms with E-state index in [0.29, 0.717) is 23.8 Å². The second-order valence-electron chi connectivity index (χ2n) is 5.12. The first-order chi connectivity index (χ1) is 11.8. The number of thiophene rings is 1. The van der Waals surface area contributed by atoms with Crippen molar-refractivity contribution in [2.24, 2.45) is 0 Å². The van der Waals surface area contributed by atoms with Gasteiger partial charge in [0.25, 0.3) is 5.91 Å². The van der Waals surface area contributed by atoms with E-state index in [-0.39, 0.29) is 12.5 Å². The summed E-state index contributed by atoms with van der Waals surface area (Å²) >= 11 is 1.64. The Morgan fingerprint density at radius 3 is 3.08 bits per heavy atom. The van der Waals surface area contributed by atoms with Crippen LogP contribution in [0.2, 0.25) is 0 Å². The smallest absolute Gasteiger partial charge is 0.270 e. The minimum Gasteiger partial charge on any atom is -0.342 e. The standard InChI is InChI=1S/C16H13N5O2S/c22-16(13-5-1-3-11-6-7-18-21(11)13)17-10-15-19-14(20-23-15)9-12-4-2-8-24-12/h1-8H,9-10H2,(H,17,22). The van der Waals surface area contributed by atoms with Gasteiger partial charge in [0.1, 0.15) is 5.69 Å². The Morgan fingerprint density at radius 2 is 2.21 bits per heavy atom. The van der Waals surface area contributed by atoms with Crippen LogP contribution in [-0.4, -0.2) is 25.7 Å². The van der Waals surface area contributed by atoms with E-state index in [1.165, 1.54) is 0 Å². The second-order valence-corrected chi connectivity index (χ2v) is 6.15. The van der Waals surface area contributed by atoms with Crippen LogP contribution in [0.1, 0.15) is 27.1 Å². The highest BCUT2D eigenvalue weighted by Gasteiger charge is 2.13. The summed E-state index contributed by atoms with van der Waals surface area (Å²) in [7, 11) is 0. The first-order valence-electron chi connectivity index (χ1n) is 7.34. The maximum Gasteiger partial charge on any atom is 0.270 e. The van der Waals surface area contributed by atoms with E-state index >= 15 is 0 Å². The van der Waals surface area contributed by atoms with Gasteiger partial charge < -0.3 is 9.84 Å². The van der Waals surface area contributed by atoms with Crippen LogP contribution in [-0.2, 0) is 13.0 Å². The SMILES string of the molecule is O=C(NCc1nc(Cc2cccs2)no1)c1cccc2ccnn12. The van der Waals surface area contributed by atoms with Gasteiger partial charge in [0.15, 0.2) is 5.82 Å². The summed E-state index contributed by atoms with van der Waals surface area (Å²) < 4.78 is 6.77. The summed E-state index contributed by atoms with van der Waals surface area (Å²) in [5.74, 6) is 0.737. The molecule has 7 nitrogen and oxygen atoms in total. The molecule has 0 radical (unpaired) electrons. The summed E-state index contributed by atoms with van der Waals surface area (Å²) in [6.07, 6.45) is 2.28. The molecule has 0 unspecified atom stereocenters. The zero-order chi connectivity index (χ0) is 16.4. The van der Waals surface area contributed by atoms with E-state index in [2.05, 4.69) is 20.6 Å². The van der Waals surface area contributed by atoms with Crippen LogP contribution in [0.3, 0.4) is 0 Å². The quantitative estimate of drug-likeness (QED) is 0.603. The molecular formula is C16H13N5O2S. The molecule has 1 amide bonds. The highest BCUT2D eigenvalue weighted by molar-refractivity contribution is 7.09. The van der Waals surface area contributed by atoms with Gasteiger partial charge in [0.2, 0.25) is 5.89 Å². The molecule has 4 aromatic rings. The first kappa shape index (κ1) is 14.6. The number of nitrogens with one attached hydrogen (secondary N) is 1. The summed E-state index contributed by atoms with van der Waals surface area (Å²) in [4.78, 5) is 17.8. The highest BCUT2D eigenvalue weighted by Crippen LogP contribution is 2.13. The number of carbonyl (C=O) groups is 1. The fourth-order valence-corrected chi connectivity index (χ4v) is 3.07. The molecule has 0 saturated carbocycles. The van der Waals surface area contributed by atoms with Crippen LogP contribution in [0.15, 0.2) is 52.5 Å². The molecule has 4 heterocycles. The Balaban J connectivity index is 1.42. The molecule has 4 aromatic heterocycles. The maximum absolute atomic E-state index is 12.3. The number of rotatable bonds is 5. The molecule has 1 N–H and O–H groups in total. The molecule has 0 saturated heterocycles. The third-order valence-corrected chi connectivity index (χ3v) is 4.35. The van der Waals surface area contributed by atoms with Gasteiger partial charge in [-0.05, 0) is 29.6 Å². The number of nitrogens with zero attached hydrogens (tertiary/aromatic N) is 4. The number of amides is 1. The lowest BCUT2D eigenvalue weighted by atomic mass is 10.3. The number of hydrogen-bond acceptors (Lipinski definition) is 6. The molecule has 120 valence electrons. The van der Waals surface area contributed by atoms with Crippen LogP contribution >= 0.6 is 11.3 Å². The van der Waals surface area contributed by atoms with Crippen molar-refractivity contribution in [1.29, 1.82) is 0 Å². The van der Waals surface area contributed by atoms with E-state index in [9.17, 15) is 4.79 Å². The van der Waals surface area contributed by atoms with Crippen molar-refractivity contribution in [3.05, 3.63) is 70.3 Å². The van der Waals surface area contributed by atoms with Crippen molar-refractivity contribution in [3.8, 4) is 0 Å². The Morgan fingerprint density at radius 1 is 1.25 bits per heavy atom. The number of carbonyl (C=O) groups excluding carboxylic acids is 1. The van der Waals surface area contributed by atoms with Gasteiger partial charge >= 0.3 is 0 Å². The molecule has 0 aliphatic heterocycles. The lowest BCUT2D eigenvalue weighted by molar-refractivity contribution is 0.0939. The molecule has 4 rings (SSSR count). The van der Waals surface area contributed by atoms with Crippen molar-refractivity contribution in [1.82, 2.24) is 25.1 Å². The van der Waals surface area contributed by atoms with Crippen molar-refractivity contribution in [2.75, 3.05) is 0 Å². The van der Waals surface area contributed by atoms with E-state index in [1.807, 2.05) is 35.7 Å². The lowest BCUT2D eigenvalue weighted by Crippen LogP contribution is -2.25. The Kier molecular flexibility index (Phi) is 3.80. The average Bonchev–Trinajstić information content (AvgIpc) is 3.34. The summed E-state index contributed by atoms with van der Waals surface area (Å²) in [5, 5.41) is 12.9. The predicted octanol–water partition coefficient (Wildman–Crippen LogP) is 2.30. The van der Waals surface area contributed by atoms with Crippen molar-refractivity contribution < 1.29 is 9.32 Å². The lowest BCUT2D eigenvalue weighted by Gasteiger charge is -2.04. The van der Waals surface area contributed by atoms with Gasteiger partial charge in [-0.1, -0.05) is 17.3 Å². The Bertz CT molecular complexity index is 973. The van der Waals surface area contributed by atoms with Gasteiger partial charge in [-0.2, -0.15) is 10.1 Å². The second kappa shape index (κ2) is 6.25. The first-order valence-corrected chi connectivity index (χ1v) is 8.22. The topological polar surface area (TPSA) is 85.3 Å². The van der Waals surface area contributed by atoms with Gasteiger partial charge in [-0.3, -0.25) is 4.79 Å². The molecule has 8 heteroatoms. The largest absolute Gasteiger partial charge is 0.342 e. The van der Waals surface area contributed by atoms with Gasteiger partial charge in [0.05, 0.1) is 18.3 Å². The number of pyridine rings is 1. The van der Waals surface area contributed by atoms with Crippen molar-refractivity contribution in [2.45, 2.75) is 13.0 Å². The normalized spacial score (nSPS) is 11.0. The maximum atomic E-state index is 12.3. The minimum atomic E-state index is -0.248. The minimum absolute atomic E-state index is 0.175. The van der Waals surface area contributed by atoms with Gasteiger partial charge in [-0.25, -0.2) is 4.52 Å². The zero-order valence-corrected chi connectivity index (χ0v) is 13.4. The van der Waals surface area contributed by atoms with Crippen LogP contribution in [0.25, 0.3) is 5.52 Å². The monoisotopic (exact) mass is 339 g/mol. The summed E-state index contributed by atoms with van der Waals surface area (Å²) in [6.45, 7) is 0.175. The number of hydrogen-bond donors (Lipinski definition) is 1. The molecule has 0 fully saturated rings. The predicted molar refractivity (Wildman–Crippen MR) is 87.8 cm³/mol. The molecule has 0 bridgehead atoms. The molecular weight excluding hydrogens is 326 g/mol. The third-order valence-electron chi connectivity index (χ3n) is 3.48. The molecule has 0 aliphatic carbocycles. The fraction of sp³-hybridized carbons (Fsp3) is 0.125. The number of aromatic nitrogens is 4. The average molecular weight is 339 g/mol. The zero-order valence-electron chi connectivity index (χ0n) is 12.5. The van der Waals surface area contributed by atoms with Crippen LogP contribution in [0.5, 0.6) is 0 Å². The van der Waals surface area contributed by atoms with Gasteiger partial charge in [0, 0.05) is 11.3 Å². The van der Waals surface area contributed by atoms with E-state index in [1.54, 1.807) is 28.1 Å². The summed E-state index contributed by atoms with van der Waals surface area (Å²) in [6, 6.07) is 11.3. The third kappa shape index (κ3) is 2.91. The van der Waals surface area contributed by atoms with E-state index < -0.39 is 0 Å². The van der Waals surface area contributed by atoms with Crippen molar-refractivity contribution >= 4 is 22.8 Å². The molecule has 24 heavy (non-hydrogen) atoms. The Labute approximate surface area is 140 Å².